The molecule has 2 N–H and O–H groups in total. The molecule has 0 radical (unpaired) electrons. The Morgan fingerprint density at radius 3 is 2.95 bits per heavy atom. The molecule has 0 saturated heterocycles. The molecule has 0 aliphatic carbocycles. The van der Waals surface area contributed by atoms with Crippen LogP contribution in [0.25, 0.3) is 11.3 Å². The van der Waals surface area contributed by atoms with E-state index in [9.17, 15) is 0 Å². The van der Waals surface area contributed by atoms with E-state index in [2.05, 4.69) is 25.4 Å². The van der Waals surface area contributed by atoms with Crippen LogP contribution in [0.3, 0.4) is 0 Å². The second-order valence-corrected chi connectivity index (χ2v) is 5.10. The van der Waals surface area contributed by atoms with Crippen molar-refractivity contribution in [2.75, 3.05) is 40.4 Å². The standard InChI is InChI=1S/C15H23N5O/c1-20(2)7-9-21-8-6-17-11-14-12-18-19-15(14)13-4-3-5-16-10-13/h3-5,10,12,17H,6-9,11H2,1-2H3,(H,18,19). The first-order valence-electron chi connectivity index (χ1n) is 7.13. The molecule has 2 aromatic heterocycles. The summed E-state index contributed by atoms with van der Waals surface area (Å²) in [7, 11) is 4.08. The van der Waals surface area contributed by atoms with E-state index in [1.54, 1.807) is 6.20 Å². The molecule has 0 saturated carbocycles. The Labute approximate surface area is 125 Å². The summed E-state index contributed by atoms with van der Waals surface area (Å²) < 4.78 is 5.54. The second kappa shape index (κ2) is 8.51. The van der Waals surface area contributed by atoms with Crippen LogP contribution in [-0.2, 0) is 11.3 Å². The predicted molar refractivity (Wildman–Crippen MR) is 82.9 cm³/mol. The van der Waals surface area contributed by atoms with Crippen LogP contribution in [0.2, 0.25) is 0 Å². The van der Waals surface area contributed by atoms with Crippen molar-refractivity contribution >= 4 is 0 Å². The number of aromatic amines is 1. The van der Waals surface area contributed by atoms with Gasteiger partial charge in [0.05, 0.1) is 25.1 Å². The van der Waals surface area contributed by atoms with Gasteiger partial charge >= 0.3 is 0 Å². The fraction of sp³-hybridized carbons (Fsp3) is 0.467. The SMILES string of the molecule is CN(C)CCOCCNCc1cn[nH]c1-c1cccnc1. The van der Waals surface area contributed by atoms with E-state index in [1.807, 2.05) is 38.6 Å². The summed E-state index contributed by atoms with van der Waals surface area (Å²) in [5.41, 5.74) is 3.20. The van der Waals surface area contributed by atoms with Gasteiger partial charge in [-0.1, -0.05) is 0 Å². The fourth-order valence-electron chi connectivity index (χ4n) is 1.92. The summed E-state index contributed by atoms with van der Waals surface area (Å²) >= 11 is 0. The summed E-state index contributed by atoms with van der Waals surface area (Å²) in [6.07, 6.45) is 5.45. The van der Waals surface area contributed by atoms with Crippen LogP contribution in [-0.4, -0.2) is 60.5 Å². The van der Waals surface area contributed by atoms with E-state index in [0.29, 0.717) is 6.61 Å². The lowest BCUT2D eigenvalue weighted by Gasteiger charge is -2.10. The third-order valence-electron chi connectivity index (χ3n) is 3.09. The second-order valence-electron chi connectivity index (χ2n) is 5.10. The van der Waals surface area contributed by atoms with Crippen molar-refractivity contribution in [2.45, 2.75) is 6.54 Å². The Hall–Kier alpha value is -1.76. The Morgan fingerprint density at radius 1 is 1.29 bits per heavy atom. The average molecular weight is 289 g/mol. The number of nitrogens with zero attached hydrogens (tertiary/aromatic N) is 3. The Bertz CT molecular complexity index is 512. The zero-order valence-electron chi connectivity index (χ0n) is 12.7. The molecule has 0 aliphatic heterocycles. The molecule has 21 heavy (non-hydrogen) atoms. The van der Waals surface area contributed by atoms with E-state index < -0.39 is 0 Å². The molecular weight excluding hydrogens is 266 g/mol. The minimum absolute atomic E-state index is 0.716. The number of rotatable bonds is 9. The topological polar surface area (TPSA) is 66.1 Å². The highest BCUT2D eigenvalue weighted by molar-refractivity contribution is 5.61. The Morgan fingerprint density at radius 2 is 2.19 bits per heavy atom. The minimum atomic E-state index is 0.716. The van der Waals surface area contributed by atoms with Gasteiger partial charge in [-0.25, -0.2) is 0 Å². The van der Waals surface area contributed by atoms with Gasteiger partial charge in [-0.05, 0) is 26.2 Å². The number of nitrogens with one attached hydrogen (secondary N) is 2. The number of H-pyrrole nitrogens is 1. The summed E-state index contributed by atoms with van der Waals surface area (Å²) in [4.78, 5) is 6.24. The van der Waals surface area contributed by atoms with Crippen LogP contribution in [0.5, 0.6) is 0 Å². The minimum Gasteiger partial charge on any atom is -0.379 e. The van der Waals surface area contributed by atoms with Crippen LogP contribution >= 0.6 is 0 Å². The lowest BCUT2D eigenvalue weighted by atomic mass is 10.1. The van der Waals surface area contributed by atoms with Gasteiger partial charge in [-0.3, -0.25) is 10.1 Å². The first kappa shape index (κ1) is 15.6. The van der Waals surface area contributed by atoms with Crippen LogP contribution in [0, 0.1) is 0 Å². The van der Waals surface area contributed by atoms with E-state index in [1.165, 1.54) is 0 Å². The van der Waals surface area contributed by atoms with Gasteiger partial charge in [0.15, 0.2) is 0 Å². The quantitative estimate of drug-likeness (QED) is 0.678. The predicted octanol–water partition coefficient (Wildman–Crippen LogP) is 1.14. The third-order valence-corrected chi connectivity index (χ3v) is 3.09. The monoisotopic (exact) mass is 289 g/mol. The smallest absolute Gasteiger partial charge is 0.0710 e. The Balaban J connectivity index is 1.71. The van der Waals surface area contributed by atoms with Gasteiger partial charge in [-0.15, -0.1) is 0 Å². The van der Waals surface area contributed by atoms with Crippen molar-refractivity contribution in [1.29, 1.82) is 0 Å². The highest BCUT2D eigenvalue weighted by Gasteiger charge is 2.06. The highest BCUT2D eigenvalue weighted by atomic mass is 16.5. The first-order valence-corrected chi connectivity index (χ1v) is 7.13. The molecule has 0 aliphatic rings. The fourth-order valence-corrected chi connectivity index (χ4v) is 1.92. The van der Waals surface area contributed by atoms with Crippen molar-refractivity contribution in [3.05, 3.63) is 36.3 Å². The van der Waals surface area contributed by atoms with Gasteiger partial charge in [0, 0.05) is 43.2 Å². The zero-order chi connectivity index (χ0) is 14.9. The van der Waals surface area contributed by atoms with Crippen molar-refractivity contribution in [3.63, 3.8) is 0 Å². The summed E-state index contributed by atoms with van der Waals surface area (Å²) in [5.74, 6) is 0. The molecule has 0 fully saturated rings. The summed E-state index contributed by atoms with van der Waals surface area (Å²) in [6.45, 7) is 4.02. The molecule has 0 spiro atoms. The molecule has 114 valence electrons. The number of hydrogen-bond acceptors (Lipinski definition) is 5. The van der Waals surface area contributed by atoms with Crippen LogP contribution in [0.15, 0.2) is 30.7 Å². The normalized spacial score (nSPS) is 11.2. The average Bonchev–Trinajstić information content (AvgIpc) is 2.95. The molecule has 2 rings (SSSR count). The molecule has 0 amide bonds. The maximum Gasteiger partial charge on any atom is 0.0710 e. The molecule has 0 aromatic carbocycles. The molecule has 0 unspecified atom stereocenters. The van der Waals surface area contributed by atoms with Gasteiger partial charge in [0.25, 0.3) is 0 Å². The van der Waals surface area contributed by atoms with Gasteiger partial charge in [0.2, 0.25) is 0 Å². The van der Waals surface area contributed by atoms with Crippen molar-refractivity contribution in [3.8, 4) is 11.3 Å². The largest absolute Gasteiger partial charge is 0.379 e. The highest BCUT2D eigenvalue weighted by Crippen LogP contribution is 2.19. The van der Waals surface area contributed by atoms with Gasteiger partial charge < -0.3 is 15.0 Å². The van der Waals surface area contributed by atoms with Gasteiger partial charge in [-0.2, -0.15) is 5.10 Å². The van der Waals surface area contributed by atoms with Crippen LogP contribution in [0.4, 0.5) is 0 Å². The van der Waals surface area contributed by atoms with Crippen molar-refractivity contribution < 1.29 is 4.74 Å². The molecule has 0 bridgehead atoms. The van der Waals surface area contributed by atoms with E-state index >= 15 is 0 Å². The van der Waals surface area contributed by atoms with Crippen molar-refractivity contribution in [2.24, 2.45) is 0 Å². The summed E-state index contributed by atoms with van der Waals surface area (Å²) in [6, 6.07) is 3.94. The molecular formula is C15H23N5O. The van der Waals surface area contributed by atoms with Crippen LogP contribution < -0.4 is 5.32 Å². The van der Waals surface area contributed by atoms with E-state index in [-0.39, 0.29) is 0 Å². The van der Waals surface area contributed by atoms with Gasteiger partial charge in [0.1, 0.15) is 0 Å². The maximum atomic E-state index is 5.54. The number of aromatic nitrogens is 3. The Kier molecular flexibility index (Phi) is 6.33. The number of ether oxygens (including phenoxy) is 1. The number of hydrogen-bond donors (Lipinski definition) is 2. The maximum absolute atomic E-state index is 5.54. The number of pyridine rings is 1. The van der Waals surface area contributed by atoms with Crippen molar-refractivity contribution in [1.82, 2.24) is 25.4 Å². The third kappa shape index (κ3) is 5.26. The van der Waals surface area contributed by atoms with Crippen LogP contribution in [0.1, 0.15) is 5.56 Å². The molecule has 6 heteroatoms. The number of likely N-dealkylation sites (N-methyl/N-ethyl adjacent to an activating group) is 1. The first-order chi connectivity index (χ1) is 10.3. The lowest BCUT2D eigenvalue weighted by Crippen LogP contribution is -2.23. The molecule has 0 atom stereocenters. The summed E-state index contributed by atoms with van der Waals surface area (Å²) in [5, 5.41) is 10.5. The van der Waals surface area contributed by atoms with E-state index in [0.717, 1.165) is 43.1 Å². The zero-order valence-corrected chi connectivity index (χ0v) is 12.7. The van der Waals surface area contributed by atoms with E-state index in [4.69, 9.17) is 4.74 Å². The molecule has 2 aromatic rings. The molecule has 2 heterocycles. The molecule has 6 nitrogen and oxygen atoms in total. The lowest BCUT2D eigenvalue weighted by molar-refractivity contribution is 0.119.